The summed E-state index contributed by atoms with van der Waals surface area (Å²) in [6.07, 6.45) is 18.7. The molecule has 0 amide bonds. The topological polar surface area (TPSA) is 184 Å². The highest BCUT2D eigenvalue weighted by Crippen LogP contribution is 2.30. The van der Waals surface area contributed by atoms with Gasteiger partial charge in [-0.3, -0.25) is 14.0 Å². The van der Waals surface area contributed by atoms with Gasteiger partial charge >= 0.3 is 0 Å². The van der Waals surface area contributed by atoms with Crippen molar-refractivity contribution in [3.63, 3.8) is 0 Å². The van der Waals surface area contributed by atoms with E-state index in [0.717, 1.165) is 117 Å². The Labute approximate surface area is 585 Å². The minimum atomic E-state index is -0.577. The largest absolute Gasteiger partial charge is 0.494 e. The van der Waals surface area contributed by atoms with Crippen LogP contribution in [0.3, 0.4) is 0 Å². The molecule has 0 aliphatic rings. The van der Waals surface area contributed by atoms with Crippen LogP contribution in [0.1, 0.15) is 202 Å². The minimum Gasteiger partial charge on any atom is -0.494 e. The lowest BCUT2D eigenvalue weighted by Gasteiger charge is -2.38. The van der Waals surface area contributed by atoms with Gasteiger partial charge in [0.2, 0.25) is 0 Å². The maximum atomic E-state index is 7.09. The van der Waals surface area contributed by atoms with Crippen molar-refractivity contribution in [3.05, 3.63) is 125 Å². The Hall–Kier alpha value is -5.61. The molecule has 0 saturated carbocycles. The van der Waals surface area contributed by atoms with E-state index in [2.05, 4.69) is 195 Å². The Morgan fingerprint density at radius 3 is 1.01 bits per heavy atom. The molecule has 0 saturated heterocycles. The third-order valence-corrected chi connectivity index (χ3v) is 17.8. The summed E-state index contributed by atoms with van der Waals surface area (Å²) in [6.45, 7) is 38.3. The first kappa shape index (κ1) is 80.4. The average Bonchev–Trinajstić information content (AvgIpc) is 1.38. The van der Waals surface area contributed by atoms with Gasteiger partial charge in [-0.1, -0.05) is 87.7 Å². The molecule has 0 radical (unpaired) electrons. The fraction of sp³-hybridized carbons (Fsp3) is 0.680. The molecular weight excluding hydrogens is 1220 g/mol. The van der Waals surface area contributed by atoms with Crippen LogP contribution in [0.2, 0.25) is 0 Å². The second-order valence-corrected chi connectivity index (χ2v) is 30.6. The quantitative estimate of drug-likeness (QED) is 0.0259. The monoisotopic (exact) mass is 1340 g/mol. The van der Waals surface area contributed by atoms with E-state index in [1.54, 1.807) is 0 Å². The normalized spacial score (nSPS) is 13.5. The van der Waals surface area contributed by atoms with E-state index >= 15 is 0 Å². The van der Waals surface area contributed by atoms with Crippen LogP contribution < -0.4 is 14.2 Å². The first-order valence-electron chi connectivity index (χ1n) is 36.3. The summed E-state index contributed by atoms with van der Waals surface area (Å²) in [5.41, 5.74) is 3.57. The maximum Gasteiger partial charge on any atom is 0.119 e. The molecule has 6 rings (SSSR count). The van der Waals surface area contributed by atoms with E-state index in [0.29, 0.717) is 91.8 Å². The van der Waals surface area contributed by atoms with Gasteiger partial charge in [0.25, 0.3) is 0 Å². The molecule has 0 spiro atoms. The van der Waals surface area contributed by atoms with Gasteiger partial charge in [0.15, 0.2) is 0 Å². The van der Waals surface area contributed by atoms with Crippen molar-refractivity contribution in [1.82, 2.24) is 45.0 Å². The predicted octanol–water partition coefficient (Wildman–Crippen LogP) is 11.3. The molecular formula is C75H122B3N9O10. The van der Waals surface area contributed by atoms with E-state index in [4.69, 9.17) is 47.4 Å². The number of hydrogen-bond acceptors (Lipinski definition) is 16. The molecule has 3 heterocycles. The summed E-state index contributed by atoms with van der Waals surface area (Å²) in [5.74, 6) is 2.69. The maximum absolute atomic E-state index is 7.09. The van der Waals surface area contributed by atoms with E-state index in [9.17, 15) is 0 Å². The molecule has 3 aromatic carbocycles. The van der Waals surface area contributed by atoms with Crippen molar-refractivity contribution < 1.29 is 47.4 Å². The van der Waals surface area contributed by atoms with Crippen LogP contribution in [0.4, 0.5) is 0 Å². The fourth-order valence-corrected chi connectivity index (χ4v) is 11.2. The van der Waals surface area contributed by atoms with Crippen LogP contribution in [0.25, 0.3) is 0 Å². The van der Waals surface area contributed by atoms with Crippen molar-refractivity contribution in [1.29, 1.82) is 0 Å². The standard InChI is InChI=1S/C75H122B3N9O10/c1-58(96-73(10,11)38-47-92-70(4,5)35-41-86-54-63(80-83-86)20-17-44-89-66-30-24-60(51-77)25-31-66)56-94-75(14,15)49-68(97-74(12,13)39-48-93-71(6,7)36-42-87-55-64(81-84-87)21-18-45-90-67-32-26-61(52-78)27-33-67)57-95-72(8,9)37-46-91-69(2,3)34-40-85-53-62(79-82-85)19-16-43-88-65-28-22-59(50-76)23-29-65/h22-33,53-55,58,68H,16-21,34-52,56-57,76-78H2,1-15H3. The third-order valence-electron chi connectivity index (χ3n) is 17.8. The molecule has 0 bridgehead atoms. The lowest BCUT2D eigenvalue weighted by atomic mass is 9.97. The van der Waals surface area contributed by atoms with Crippen LogP contribution >= 0.6 is 0 Å². The molecule has 0 N–H and O–H groups in total. The Morgan fingerprint density at radius 1 is 0.361 bits per heavy atom. The zero-order valence-electron chi connectivity index (χ0n) is 63.0. The van der Waals surface area contributed by atoms with Gasteiger partial charge in [0.1, 0.15) is 40.8 Å². The smallest absolute Gasteiger partial charge is 0.119 e. The van der Waals surface area contributed by atoms with Gasteiger partial charge in [0, 0.05) is 44.6 Å². The number of aromatic nitrogens is 9. The molecule has 3 aromatic heterocycles. The molecule has 0 aliphatic carbocycles. The first-order valence-corrected chi connectivity index (χ1v) is 36.3. The highest BCUT2D eigenvalue weighted by atomic mass is 16.6. The van der Waals surface area contributed by atoms with Crippen LogP contribution in [0.15, 0.2) is 91.4 Å². The summed E-state index contributed by atoms with van der Waals surface area (Å²) in [5, 5.41) is 26.6. The second kappa shape index (κ2) is 38.8. The third kappa shape index (κ3) is 32.5. The number of rotatable bonds is 51. The Balaban J connectivity index is 0.944. The van der Waals surface area contributed by atoms with Gasteiger partial charge in [-0.2, -0.15) is 0 Å². The van der Waals surface area contributed by atoms with Gasteiger partial charge < -0.3 is 47.4 Å². The van der Waals surface area contributed by atoms with Crippen LogP contribution in [-0.4, -0.2) is 173 Å². The van der Waals surface area contributed by atoms with Crippen molar-refractivity contribution in [2.45, 2.75) is 277 Å². The first-order chi connectivity index (χ1) is 45.9. The predicted molar refractivity (Wildman–Crippen MR) is 394 cm³/mol. The van der Waals surface area contributed by atoms with Crippen LogP contribution in [-0.2, 0) is 91.0 Å². The number of benzene rings is 3. The Morgan fingerprint density at radius 2 is 0.670 bits per heavy atom. The van der Waals surface area contributed by atoms with Gasteiger partial charge in [0.05, 0.1) is 121 Å². The van der Waals surface area contributed by atoms with E-state index in [1.807, 2.05) is 69.0 Å². The SMILES string of the molecule is BCc1ccc(OCCCc2cn(CCC(C)(C)OCCC(C)(C)OCC(CC(C)(C)OCC(C)OC(C)(C)CCOC(C)(C)CCn3cc(CCCOc4ccc(CB)cc4)nn3)OC(C)(C)CCOC(C)(C)CCn3cc(CCCOc4ccc(CB)cc4)nn3)nn2)cc1. The van der Waals surface area contributed by atoms with Crippen molar-refractivity contribution in [2.75, 3.05) is 52.9 Å². The summed E-state index contributed by atoms with van der Waals surface area (Å²) >= 11 is 0. The molecule has 0 fully saturated rings. The molecule has 2 unspecified atom stereocenters. The van der Waals surface area contributed by atoms with E-state index in [1.165, 1.54) is 16.7 Å². The molecule has 19 nitrogen and oxygen atoms in total. The molecule has 97 heavy (non-hydrogen) atoms. The Bertz CT molecular complexity index is 3130. The Kier molecular flexibility index (Phi) is 32.2. The van der Waals surface area contributed by atoms with Crippen molar-refractivity contribution in [3.8, 4) is 17.2 Å². The summed E-state index contributed by atoms with van der Waals surface area (Å²) in [4.78, 5) is 0. The highest BCUT2D eigenvalue weighted by Gasteiger charge is 2.34. The fourth-order valence-electron chi connectivity index (χ4n) is 11.2. The van der Waals surface area contributed by atoms with Crippen molar-refractivity contribution in [2.24, 2.45) is 0 Å². The zero-order chi connectivity index (χ0) is 70.6. The van der Waals surface area contributed by atoms with Crippen molar-refractivity contribution >= 4 is 23.5 Å². The molecule has 536 valence electrons. The zero-order valence-corrected chi connectivity index (χ0v) is 63.0. The number of ether oxygens (including phenoxy) is 10. The summed E-state index contributed by atoms with van der Waals surface area (Å²) < 4.78 is 70.6. The van der Waals surface area contributed by atoms with E-state index < -0.39 is 28.0 Å². The minimum absolute atomic E-state index is 0.177. The number of nitrogens with zero attached hydrogens (tertiary/aromatic N) is 9. The van der Waals surface area contributed by atoms with Gasteiger partial charge in [-0.15, -0.1) is 15.3 Å². The van der Waals surface area contributed by atoms with Gasteiger partial charge in [-0.25, -0.2) is 0 Å². The second-order valence-electron chi connectivity index (χ2n) is 30.6. The summed E-state index contributed by atoms with van der Waals surface area (Å²) in [7, 11) is 6.47. The molecule has 2 atom stereocenters. The lowest BCUT2D eigenvalue weighted by molar-refractivity contribution is -0.176. The lowest BCUT2D eigenvalue weighted by Crippen LogP contribution is -2.43. The van der Waals surface area contributed by atoms with E-state index in [-0.39, 0.29) is 23.4 Å². The number of hydrogen-bond donors (Lipinski definition) is 0. The highest BCUT2D eigenvalue weighted by molar-refractivity contribution is 6.08. The molecule has 6 aromatic rings. The molecule has 0 aliphatic heterocycles. The number of aryl methyl sites for hydroxylation is 6. The van der Waals surface area contributed by atoms with Gasteiger partial charge in [-0.05, 0) is 217 Å². The average molecular weight is 1340 g/mol. The van der Waals surface area contributed by atoms with Crippen LogP contribution in [0, 0.1) is 0 Å². The molecule has 22 heteroatoms. The summed E-state index contributed by atoms with van der Waals surface area (Å²) in [6, 6.07) is 25.0. The van der Waals surface area contributed by atoms with Crippen LogP contribution in [0.5, 0.6) is 17.2 Å².